The normalized spacial score (nSPS) is 10.9. The molecule has 4 rings (SSSR count). The van der Waals surface area contributed by atoms with Crippen molar-refractivity contribution in [2.75, 3.05) is 11.9 Å². The molecule has 2 aromatic carbocycles. The first-order valence-electron chi connectivity index (χ1n) is 9.80. The molecule has 0 bridgehead atoms. The van der Waals surface area contributed by atoms with Crippen LogP contribution in [0.2, 0.25) is 0 Å². The highest BCUT2D eigenvalue weighted by Crippen LogP contribution is 2.29. The van der Waals surface area contributed by atoms with Crippen molar-refractivity contribution in [3.63, 3.8) is 0 Å². The van der Waals surface area contributed by atoms with Gasteiger partial charge in [-0.25, -0.2) is 14.6 Å². The van der Waals surface area contributed by atoms with Gasteiger partial charge in [-0.15, -0.1) is 0 Å². The van der Waals surface area contributed by atoms with E-state index in [1.807, 2.05) is 64.1 Å². The molecule has 7 nitrogen and oxygen atoms in total. The maximum absolute atomic E-state index is 13.1. The molecule has 4 aromatic rings. The lowest BCUT2D eigenvalue weighted by atomic mass is 10.0. The number of ether oxygens (including phenoxy) is 1. The van der Waals surface area contributed by atoms with E-state index in [9.17, 15) is 4.79 Å². The van der Waals surface area contributed by atoms with Crippen LogP contribution in [0.5, 0.6) is 5.75 Å². The Morgan fingerprint density at radius 1 is 1.07 bits per heavy atom. The Bertz CT molecular complexity index is 1230. The minimum absolute atomic E-state index is 0.270. The van der Waals surface area contributed by atoms with Crippen molar-refractivity contribution in [1.29, 1.82) is 0 Å². The number of nitrogens with one attached hydrogen (secondary N) is 1. The number of fused-ring (bicyclic) bond motifs is 1. The fourth-order valence-electron chi connectivity index (χ4n) is 3.37. The fourth-order valence-corrected chi connectivity index (χ4v) is 3.37. The Morgan fingerprint density at radius 3 is 2.47 bits per heavy atom. The third-order valence-corrected chi connectivity index (χ3v) is 5.16. The summed E-state index contributed by atoms with van der Waals surface area (Å²) in [6, 6.07) is 11.5. The first-order valence-corrected chi connectivity index (χ1v) is 9.80. The van der Waals surface area contributed by atoms with Crippen LogP contribution in [0.4, 0.5) is 5.69 Å². The van der Waals surface area contributed by atoms with Gasteiger partial charge in [-0.3, -0.25) is 4.79 Å². The van der Waals surface area contributed by atoms with Crippen molar-refractivity contribution < 1.29 is 9.53 Å². The average Bonchev–Trinajstić information content (AvgIpc) is 3.01. The fraction of sp³-hybridized carbons (Fsp3) is 0.217. The van der Waals surface area contributed by atoms with E-state index in [1.165, 1.54) is 0 Å². The lowest BCUT2D eigenvalue weighted by Gasteiger charge is -2.13. The molecule has 2 aromatic heterocycles. The number of aryl methyl sites for hydroxylation is 1. The van der Waals surface area contributed by atoms with Crippen LogP contribution in [0.1, 0.15) is 34.2 Å². The second-order valence-electron chi connectivity index (χ2n) is 7.03. The molecule has 30 heavy (non-hydrogen) atoms. The Balaban J connectivity index is 1.64. The molecule has 0 aliphatic carbocycles. The van der Waals surface area contributed by atoms with Crippen LogP contribution in [0, 0.1) is 20.8 Å². The predicted octanol–water partition coefficient (Wildman–Crippen LogP) is 4.39. The van der Waals surface area contributed by atoms with Gasteiger partial charge >= 0.3 is 0 Å². The maximum atomic E-state index is 13.1. The van der Waals surface area contributed by atoms with Crippen molar-refractivity contribution >= 4 is 22.4 Å². The molecule has 1 N–H and O–H groups in total. The number of rotatable bonds is 5. The van der Waals surface area contributed by atoms with Gasteiger partial charge in [0.05, 0.1) is 35.9 Å². The lowest BCUT2D eigenvalue weighted by molar-refractivity contribution is 0.102. The summed E-state index contributed by atoms with van der Waals surface area (Å²) >= 11 is 0. The molecule has 0 aliphatic rings. The SMILES string of the molecule is CCOc1ccc2ccccc2c1C(=O)Nc1cnc(-n2nc(C)c(C)c2C)nc1. The highest BCUT2D eigenvalue weighted by molar-refractivity contribution is 6.14. The minimum Gasteiger partial charge on any atom is -0.493 e. The van der Waals surface area contributed by atoms with Crippen molar-refractivity contribution in [3.8, 4) is 11.7 Å². The number of anilines is 1. The molecule has 152 valence electrons. The van der Waals surface area contributed by atoms with Gasteiger partial charge in [0.15, 0.2) is 0 Å². The number of hydrogen-bond acceptors (Lipinski definition) is 5. The molecule has 0 aliphatic heterocycles. The quantitative estimate of drug-likeness (QED) is 0.536. The molecule has 0 radical (unpaired) electrons. The van der Waals surface area contributed by atoms with Gasteiger partial charge in [0.2, 0.25) is 0 Å². The number of hydrogen-bond donors (Lipinski definition) is 1. The van der Waals surface area contributed by atoms with E-state index in [-0.39, 0.29) is 5.91 Å². The minimum atomic E-state index is -0.270. The zero-order valence-corrected chi connectivity index (χ0v) is 17.4. The number of carbonyl (C=O) groups excluding carboxylic acids is 1. The highest BCUT2D eigenvalue weighted by Gasteiger charge is 2.18. The summed E-state index contributed by atoms with van der Waals surface area (Å²) in [6.45, 7) is 8.31. The molecule has 0 atom stereocenters. The van der Waals surface area contributed by atoms with Gasteiger partial charge in [0, 0.05) is 5.69 Å². The molecule has 0 saturated heterocycles. The van der Waals surface area contributed by atoms with Crippen LogP contribution in [0.15, 0.2) is 48.8 Å². The van der Waals surface area contributed by atoms with E-state index in [2.05, 4.69) is 20.4 Å². The maximum Gasteiger partial charge on any atom is 0.260 e. The Morgan fingerprint density at radius 2 is 1.80 bits per heavy atom. The van der Waals surface area contributed by atoms with Crippen LogP contribution < -0.4 is 10.1 Å². The number of amides is 1. The number of carbonyl (C=O) groups is 1. The number of nitrogens with zero attached hydrogens (tertiary/aromatic N) is 4. The van der Waals surface area contributed by atoms with E-state index >= 15 is 0 Å². The second-order valence-corrected chi connectivity index (χ2v) is 7.03. The predicted molar refractivity (Wildman–Crippen MR) is 116 cm³/mol. The van der Waals surface area contributed by atoms with Crippen molar-refractivity contribution in [2.45, 2.75) is 27.7 Å². The lowest BCUT2D eigenvalue weighted by Crippen LogP contribution is -2.15. The molecular weight excluding hydrogens is 378 g/mol. The Hall–Kier alpha value is -3.74. The Labute approximate surface area is 174 Å². The van der Waals surface area contributed by atoms with E-state index in [1.54, 1.807) is 17.1 Å². The van der Waals surface area contributed by atoms with Gasteiger partial charge < -0.3 is 10.1 Å². The first kappa shape index (κ1) is 19.6. The zero-order chi connectivity index (χ0) is 21.3. The van der Waals surface area contributed by atoms with Crippen molar-refractivity contribution in [3.05, 3.63) is 71.3 Å². The van der Waals surface area contributed by atoms with Crippen molar-refractivity contribution in [2.24, 2.45) is 0 Å². The summed E-state index contributed by atoms with van der Waals surface area (Å²) in [5.41, 5.74) is 4.02. The van der Waals surface area contributed by atoms with Gasteiger partial charge in [-0.1, -0.05) is 30.3 Å². The van der Waals surface area contributed by atoms with Gasteiger partial charge in [0.1, 0.15) is 5.75 Å². The molecule has 0 saturated carbocycles. The van der Waals surface area contributed by atoms with Crippen LogP contribution in [0.3, 0.4) is 0 Å². The van der Waals surface area contributed by atoms with E-state index in [0.29, 0.717) is 29.6 Å². The third-order valence-electron chi connectivity index (χ3n) is 5.16. The second kappa shape index (κ2) is 7.94. The topological polar surface area (TPSA) is 81.9 Å². The van der Waals surface area contributed by atoms with Crippen LogP contribution in [-0.2, 0) is 0 Å². The standard InChI is InChI=1S/C23H23N5O2/c1-5-30-20-11-10-17-8-6-7-9-19(17)21(20)22(29)26-18-12-24-23(25-13-18)28-16(4)14(2)15(3)27-28/h6-13H,5H2,1-4H3,(H,26,29). The van der Waals surface area contributed by atoms with Crippen LogP contribution in [-0.4, -0.2) is 32.3 Å². The van der Waals surface area contributed by atoms with Crippen LogP contribution >= 0.6 is 0 Å². The van der Waals surface area contributed by atoms with Gasteiger partial charge in [-0.2, -0.15) is 5.10 Å². The molecule has 7 heteroatoms. The zero-order valence-electron chi connectivity index (χ0n) is 17.4. The number of benzene rings is 2. The molecule has 2 heterocycles. The van der Waals surface area contributed by atoms with E-state index in [4.69, 9.17) is 4.74 Å². The summed E-state index contributed by atoms with van der Waals surface area (Å²) < 4.78 is 7.41. The first-order chi connectivity index (χ1) is 14.5. The molecular formula is C23H23N5O2. The van der Waals surface area contributed by atoms with Gasteiger partial charge in [0.25, 0.3) is 11.9 Å². The molecule has 0 spiro atoms. The molecule has 0 unspecified atom stereocenters. The molecule has 0 fully saturated rings. The van der Waals surface area contributed by atoms with Crippen molar-refractivity contribution in [1.82, 2.24) is 19.7 Å². The van der Waals surface area contributed by atoms with E-state index < -0.39 is 0 Å². The van der Waals surface area contributed by atoms with Crippen LogP contribution in [0.25, 0.3) is 16.7 Å². The summed E-state index contributed by atoms with van der Waals surface area (Å²) in [5.74, 6) is 0.736. The van der Waals surface area contributed by atoms with E-state index in [0.717, 1.165) is 27.7 Å². The summed E-state index contributed by atoms with van der Waals surface area (Å²) in [7, 11) is 0. The molecule has 1 amide bonds. The monoisotopic (exact) mass is 401 g/mol. The highest BCUT2D eigenvalue weighted by atomic mass is 16.5. The largest absolute Gasteiger partial charge is 0.493 e. The summed E-state index contributed by atoms with van der Waals surface area (Å²) in [4.78, 5) is 21.9. The smallest absolute Gasteiger partial charge is 0.260 e. The summed E-state index contributed by atoms with van der Waals surface area (Å²) in [5, 5.41) is 9.16. The average molecular weight is 401 g/mol. The number of aromatic nitrogens is 4. The Kier molecular flexibility index (Phi) is 5.18. The van der Waals surface area contributed by atoms with Gasteiger partial charge in [-0.05, 0) is 50.1 Å². The summed E-state index contributed by atoms with van der Waals surface area (Å²) in [6.07, 6.45) is 3.16. The third kappa shape index (κ3) is 3.50.